The molecule has 0 radical (unpaired) electrons. The van der Waals surface area contributed by atoms with Gasteiger partial charge in [0.25, 0.3) is 0 Å². The Morgan fingerprint density at radius 3 is 2.15 bits per heavy atom. The van der Waals surface area contributed by atoms with Crippen molar-refractivity contribution in [1.82, 2.24) is 4.90 Å². The van der Waals surface area contributed by atoms with E-state index >= 15 is 0 Å². The number of carbonyl (C=O) groups is 1. The third-order valence-corrected chi connectivity index (χ3v) is 6.53. The zero-order valence-corrected chi connectivity index (χ0v) is 13.0. The molecule has 0 aliphatic heterocycles. The molecular weight excluding hydrogens is 250 g/mol. The van der Waals surface area contributed by atoms with Gasteiger partial charge < -0.3 is 10.0 Å². The smallest absolute Gasteiger partial charge is 0.303 e. The van der Waals surface area contributed by atoms with E-state index in [1.54, 1.807) is 0 Å². The molecule has 1 atom stereocenters. The summed E-state index contributed by atoms with van der Waals surface area (Å²) >= 11 is 0. The zero-order valence-electron chi connectivity index (χ0n) is 13.0. The fraction of sp³-hybridized carbons (Fsp3) is 0.941. The molecule has 1 N–H and O–H groups in total. The Morgan fingerprint density at radius 2 is 1.70 bits per heavy atom. The predicted molar refractivity (Wildman–Crippen MR) is 79.6 cm³/mol. The lowest BCUT2D eigenvalue weighted by Crippen LogP contribution is -2.55. The maximum absolute atomic E-state index is 10.7. The highest BCUT2D eigenvalue weighted by molar-refractivity contribution is 5.66. The Morgan fingerprint density at radius 1 is 1.20 bits per heavy atom. The van der Waals surface area contributed by atoms with Gasteiger partial charge in [-0.05, 0) is 88.6 Å². The van der Waals surface area contributed by atoms with Crippen LogP contribution < -0.4 is 0 Å². The van der Waals surface area contributed by atoms with Crippen LogP contribution in [0, 0.1) is 23.2 Å². The van der Waals surface area contributed by atoms with Gasteiger partial charge in [0.05, 0.1) is 0 Å². The first-order valence-electron chi connectivity index (χ1n) is 8.40. The summed E-state index contributed by atoms with van der Waals surface area (Å²) in [4.78, 5) is 13.1. The van der Waals surface area contributed by atoms with Gasteiger partial charge in [-0.15, -0.1) is 0 Å². The predicted octanol–water partition coefficient (Wildman–Crippen LogP) is 3.39. The van der Waals surface area contributed by atoms with Crippen molar-refractivity contribution in [3.8, 4) is 0 Å². The van der Waals surface area contributed by atoms with Gasteiger partial charge in [-0.1, -0.05) is 0 Å². The lowest BCUT2D eigenvalue weighted by molar-refractivity contribution is -0.137. The molecule has 0 spiro atoms. The molecule has 4 aliphatic rings. The fourth-order valence-corrected chi connectivity index (χ4v) is 5.83. The van der Waals surface area contributed by atoms with Crippen LogP contribution in [-0.2, 0) is 4.79 Å². The Balaban J connectivity index is 1.61. The van der Waals surface area contributed by atoms with Gasteiger partial charge in [-0.25, -0.2) is 0 Å². The largest absolute Gasteiger partial charge is 0.481 e. The van der Waals surface area contributed by atoms with E-state index in [2.05, 4.69) is 18.9 Å². The average molecular weight is 279 g/mol. The topological polar surface area (TPSA) is 40.5 Å². The Labute approximate surface area is 122 Å². The summed E-state index contributed by atoms with van der Waals surface area (Å²) < 4.78 is 0. The maximum atomic E-state index is 10.7. The summed E-state index contributed by atoms with van der Waals surface area (Å²) in [5, 5.41) is 8.78. The first-order valence-corrected chi connectivity index (χ1v) is 8.40. The van der Waals surface area contributed by atoms with Gasteiger partial charge in [0.15, 0.2) is 0 Å². The van der Waals surface area contributed by atoms with Crippen LogP contribution in [0.25, 0.3) is 0 Å². The molecule has 20 heavy (non-hydrogen) atoms. The van der Waals surface area contributed by atoms with Gasteiger partial charge in [0, 0.05) is 12.5 Å². The minimum atomic E-state index is -0.666. The fourth-order valence-electron chi connectivity index (χ4n) is 5.83. The molecule has 0 saturated heterocycles. The molecule has 4 rings (SSSR count). The number of carboxylic acid groups (broad SMARTS) is 1. The van der Waals surface area contributed by atoms with E-state index in [0.29, 0.717) is 17.9 Å². The highest BCUT2D eigenvalue weighted by atomic mass is 16.4. The second-order valence-corrected chi connectivity index (χ2v) is 7.93. The van der Waals surface area contributed by atoms with Crippen LogP contribution in [0.15, 0.2) is 0 Å². The van der Waals surface area contributed by atoms with Gasteiger partial charge >= 0.3 is 5.97 Å². The molecule has 4 bridgehead atoms. The van der Waals surface area contributed by atoms with E-state index in [9.17, 15) is 4.79 Å². The summed E-state index contributed by atoms with van der Waals surface area (Å²) in [5.74, 6) is 2.32. The molecule has 0 amide bonds. The lowest BCUT2D eigenvalue weighted by Gasteiger charge is -2.60. The van der Waals surface area contributed by atoms with E-state index in [4.69, 9.17) is 5.11 Å². The number of hydrogen-bond acceptors (Lipinski definition) is 2. The van der Waals surface area contributed by atoms with Crippen molar-refractivity contribution in [3.63, 3.8) is 0 Å². The molecule has 0 aromatic rings. The van der Waals surface area contributed by atoms with E-state index < -0.39 is 5.97 Å². The van der Waals surface area contributed by atoms with E-state index in [0.717, 1.165) is 30.7 Å². The minimum Gasteiger partial charge on any atom is -0.481 e. The molecular formula is C17H29NO2. The van der Waals surface area contributed by atoms with Crippen molar-refractivity contribution in [3.05, 3.63) is 0 Å². The van der Waals surface area contributed by atoms with Gasteiger partial charge in [-0.2, -0.15) is 0 Å². The quantitative estimate of drug-likeness (QED) is 0.810. The van der Waals surface area contributed by atoms with Crippen molar-refractivity contribution < 1.29 is 9.90 Å². The standard InChI is InChI=1S/C17H29NO2/c1-12(18(2)5-3-4-16(19)20)17-9-13-6-14(10-17)8-15(7-13)11-17/h12-15H,3-11H2,1-2H3,(H,19,20). The van der Waals surface area contributed by atoms with Crippen LogP contribution in [0.3, 0.4) is 0 Å². The van der Waals surface area contributed by atoms with Crippen LogP contribution in [0.1, 0.15) is 58.3 Å². The third kappa shape index (κ3) is 2.61. The lowest BCUT2D eigenvalue weighted by atomic mass is 9.47. The number of aliphatic carboxylic acids is 1. The molecule has 0 aromatic carbocycles. The number of hydrogen-bond donors (Lipinski definition) is 1. The maximum Gasteiger partial charge on any atom is 0.303 e. The van der Waals surface area contributed by atoms with Crippen molar-refractivity contribution in [2.75, 3.05) is 13.6 Å². The molecule has 4 aliphatic carbocycles. The summed E-state index contributed by atoms with van der Waals surface area (Å²) in [6, 6.07) is 0.615. The Bertz CT molecular complexity index is 344. The average Bonchev–Trinajstić information content (AvgIpc) is 2.35. The zero-order chi connectivity index (χ0) is 14.3. The Kier molecular flexibility index (Phi) is 3.83. The van der Waals surface area contributed by atoms with Crippen molar-refractivity contribution >= 4 is 5.97 Å². The highest BCUT2D eigenvalue weighted by Gasteiger charge is 2.53. The molecule has 0 heterocycles. The number of rotatable bonds is 6. The summed E-state index contributed by atoms with van der Waals surface area (Å²) in [5.41, 5.74) is 0.548. The van der Waals surface area contributed by atoms with E-state index in [1.807, 2.05) is 0 Å². The first-order chi connectivity index (χ1) is 9.48. The monoisotopic (exact) mass is 279 g/mol. The molecule has 1 unspecified atom stereocenters. The van der Waals surface area contributed by atoms with E-state index in [1.165, 1.54) is 38.5 Å². The van der Waals surface area contributed by atoms with Crippen LogP contribution in [-0.4, -0.2) is 35.6 Å². The van der Waals surface area contributed by atoms with Crippen LogP contribution in [0.2, 0.25) is 0 Å². The van der Waals surface area contributed by atoms with Gasteiger partial charge in [-0.3, -0.25) is 4.79 Å². The second kappa shape index (κ2) is 5.32. The van der Waals surface area contributed by atoms with E-state index in [-0.39, 0.29) is 0 Å². The molecule has 0 aromatic heterocycles. The van der Waals surface area contributed by atoms with Crippen LogP contribution in [0.5, 0.6) is 0 Å². The first kappa shape index (κ1) is 14.4. The molecule has 114 valence electrons. The summed E-state index contributed by atoms with van der Waals surface area (Å²) in [6.45, 7) is 3.32. The number of nitrogens with zero attached hydrogens (tertiary/aromatic N) is 1. The van der Waals surface area contributed by atoms with Gasteiger partial charge in [0.1, 0.15) is 0 Å². The minimum absolute atomic E-state index is 0.304. The van der Waals surface area contributed by atoms with Crippen molar-refractivity contribution in [2.24, 2.45) is 23.2 Å². The highest BCUT2D eigenvalue weighted by Crippen LogP contribution is 2.61. The van der Waals surface area contributed by atoms with Gasteiger partial charge in [0.2, 0.25) is 0 Å². The van der Waals surface area contributed by atoms with Crippen molar-refractivity contribution in [2.45, 2.75) is 64.3 Å². The van der Waals surface area contributed by atoms with Crippen LogP contribution in [0.4, 0.5) is 0 Å². The Hall–Kier alpha value is -0.570. The third-order valence-electron chi connectivity index (χ3n) is 6.53. The summed E-state index contributed by atoms with van der Waals surface area (Å²) in [7, 11) is 2.20. The number of carboxylic acids is 1. The second-order valence-electron chi connectivity index (χ2n) is 7.93. The SMILES string of the molecule is CC(N(C)CCCC(=O)O)C12CC3CC(CC(C3)C1)C2. The van der Waals surface area contributed by atoms with Crippen molar-refractivity contribution in [1.29, 1.82) is 0 Å². The normalized spacial score (nSPS) is 40.2. The summed E-state index contributed by atoms with van der Waals surface area (Å²) in [6.07, 6.45) is 9.87. The molecule has 3 nitrogen and oxygen atoms in total. The molecule has 4 fully saturated rings. The molecule has 3 heteroatoms. The van der Waals surface area contributed by atoms with Crippen LogP contribution >= 0.6 is 0 Å². The molecule has 4 saturated carbocycles.